The number of rotatable bonds is 3. The number of anilines is 1. The van der Waals surface area contributed by atoms with Gasteiger partial charge in [-0.2, -0.15) is 0 Å². The number of hydrogen-bond donors (Lipinski definition) is 1. The van der Waals surface area contributed by atoms with Gasteiger partial charge in [-0.15, -0.1) is 5.06 Å². The van der Waals surface area contributed by atoms with Crippen LogP contribution in [-0.2, 0) is 9.68 Å². The van der Waals surface area contributed by atoms with Gasteiger partial charge in [0, 0.05) is 38.0 Å². The van der Waals surface area contributed by atoms with E-state index in [2.05, 4.69) is 41.7 Å². The van der Waals surface area contributed by atoms with Crippen molar-refractivity contribution in [2.45, 2.75) is 38.7 Å². The van der Waals surface area contributed by atoms with Gasteiger partial charge in [-0.25, -0.2) is 4.79 Å². The molecule has 146 valence electrons. The lowest BCUT2D eigenvalue weighted by Gasteiger charge is -2.35. The van der Waals surface area contributed by atoms with E-state index in [0.717, 1.165) is 41.8 Å². The zero-order valence-corrected chi connectivity index (χ0v) is 16.3. The molecule has 2 aromatic carbocycles. The van der Waals surface area contributed by atoms with E-state index in [4.69, 9.17) is 9.68 Å². The summed E-state index contributed by atoms with van der Waals surface area (Å²) in [6.07, 6.45) is 1.86. The summed E-state index contributed by atoms with van der Waals surface area (Å²) in [4.78, 5) is 23.4. The summed E-state index contributed by atoms with van der Waals surface area (Å²) in [6.45, 7) is 5.30. The molecule has 0 saturated carbocycles. The van der Waals surface area contributed by atoms with Gasteiger partial charge in [-0.1, -0.05) is 47.1 Å². The van der Waals surface area contributed by atoms with Crippen LogP contribution in [0.15, 0.2) is 53.7 Å². The van der Waals surface area contributed by atoms with Gasteiger partial charge < -0.3 is 9.68 Å². The molecule has 2 heterocycles. The third-order valence-electron chi connectivity index (χ3n) is 5.33. The molecule has 0 aliphatic carbocycles. The van der Waals surface area contributed by atoms with E-state index < -0.39 is 6.09 Å². The van der Waals surface area contributed by atoms with Crippen LogP contribution >= 0.6 is 0 Å². The van der Waals surface area contributed by atoms with Crippen LogP contribution in [0.2, 0.25) is 0 Å². The van der Waals surface area contributed by atoms with E-state index in [1.54, 1.807) is 5.06 Å². The van der Waals surface area contributed by atoms with Crippen LogP contribution in [-0.4, -0.2) is 35.6 Å². The number of amides is 1. The molecule has 2 aliphatic heterocycles. The van der Waals surface area contributed by atoms with E-state index in [9.17, 15) is 4.79 Å². The third kappa shape index (κ3) is 4.17. The fourth-order valence-corrected chi connectivity index (χ4v) is 3.66. The molecular formula is C22H25N3O3. The predicted octanol–water partition coefficient (Wildman–Crippen LogP) is 4.43. The molecular weight excluding hydrogens is 354 g/mol. The molecule has 4 rings (SSSR count). The average Bonchev–Trinajstić information content (AvgIpc) is 3.08. The molecule has 1 spiro atoms. The average molecular weight is 379 g/mol. The molecule has 0 aromatic heterocycles. The smallest absolute Gasteiger partial charge is 0.388 e. The molecule has 2 aromatic rings. The number of oxime groups is 1. The molecule has 6 heteroatoms. The first-order valence-corrected chi connectivity index (χ1v) is 9.64. The van der Waals surface area contributed by atoms with E-state index >= 15 is 0 Å². The minimum Gasteiger partial charge on any atom is -0.388 e. The van der Waals surface area contributed by atoms with Crippen LogP contribution in [0.25, 0.3) is 0 Å². The summed E-state index contributed by atoms with van der Waals surface area (Å²) < 4.78 is 0. The topological polar surface area (TPSA) is 63.2 Å². The Balaban J connectivity index is 1.28. The van der Waals surface area contributed by atoms with Crippen molar-refractivity contribution in [1.82, 2.24) is 5.06 Å². The van der Waals surface area contributed by atoms with Crippen LogP contribution in [0.3, 0.4) is 0 Å². The number of hydrogen-bond acceptors (Lipinski definition) is 5. The normalized spacial score (nSPS) is 18.4. The zero-order valence-electron chi connectivity index (χ0n) is 16.3. The van der Waals surface area contributed by atoms with Crippen molar-refractivity contribution in [3.8, 4) is 0 Å². The van der Waals surface area contributed by atoms with Gasteiger partial charge in [-0.3, -0.25) is 5.32 Å². The molecule has 1 saturated heterocycles. The van der Waals surface area contributed by atoms with Crippen LogP contribution in [0, 0.1) is 13.8 Å². The van der Waals surface area contributed by atoms with Gasteiger partial charge in [0.15, 0.2) is 0 Å². The van der Waals surface area contributed by atoms with E-state index in [1.807, 2.05) is 31.2 Å². The first kappa shape index (κ1) is 18.5. The summed E-state index contributed by atoms with van der Waals surface area (Å²) in [5.41, 5.74) is 4.86. The van der Waals surface area contributed by atoms with Crippen molar-refractivity contribution < 1.29 is 14.5 Å². The highest BCUT2D eigenvalue weighted by atomic mass is 16.7. The summed E-state index contributed by atoms with van der Waals surface area (Å²) in [5, 5.41) is 8.81. The number of carbonyl (C=O) groups excluding carboxylic acids is 1. The van der Waals surface area contributed by atoms with Gasteiger partial charge in [0.1, 0.15) is 5.60 Å². The van der Waals surface area contributed by atoms with Gasteiger partial charge in [0.2, 0.25) is 0 Å². The fourth-order valence-electron chi connectivity index (χ4n) is 3.66. The largest absolute Gasteiger partial charge is 0.430 e. The second kappa shape index (κ2) is 7.64. The van der Waals surface area contributed by atoms with Crippen LogP contribution in [0.4, 0.5) is 10.5 Å². The Labute approximate surface area is 165 Å². The molecule has 1 fully saturated rings. The summed E-state index contributed by atoms with van der Waals surface area (Å²) in [5.74, 6) is 0. The SMILES string of the molecule is Cc1ccc(C2=NOC3(CCN(OC(=O)Nc4cccc(C)c4)CC3)C2)cc1. The Kier molecular flexibility index (Phi) is 5.05. The van der Waals surface area contributed by atoms with Gasteiger partial charge >= 0.3 is 6.09 Å². The number of aryl methyl sites for hydroxylation is 2. The van der Waals surface area contributed by atoms with Crippen molar-refractivity contribution >= 4 is 17.5 Å². The van der Waals surface area contributed by atoms with Crippen molar-refractivity contribution in [2.75, 3.05) is 18.4 Å². The van der Waals surface area contributed by atoms with Crippen molar-refractivity contribution in [3.05, 3.63) is 65.2 Å². The number of nitrogens with zero attached hydrogens (tertiary/aromatic N) is 2. The lowest BCUT2D eigenvalue weighted by Crippen LogP contribution is -2.45. The maximum atomic E-state index is 12.1. The van der Waals surface area contributed by atoms with Crippen molar-refractivity contribution in [1.29, 1.82) is 0 Å². The lowest BCUT2D eigenvalue weighted by molar-refractivity contribution is -0.154. The number of piperidine rings is 1. The molecule has 0 bridgehead atoms. The molecule has 0 radical (unpaired) electrons. The Hall–Kier alpha value is -2.86. The monoisotopic (exact) mass is 379 g/mol. The minimum atomic E-state index is -0.467. The molecule has 1 amide bonds. The summed E-state index contributed by atoms with van der Waals surface area (Å²) in [6, 6.07) is 16.0. The quantitative estimate of drug-likeness (QED) is 0.857. The van der Waals surface area contributed by atoms with Crippen molar-refractivity contribution in [2.24, 2.45) is 5.16 Å². The summed E-state index contributed by atoms with van der Waals surface area (Å²) in [7, 11) is 0. The lowest BCUT2D eigenvalue weighted by atomic mass is 9.86. The maximum Gasteiger partial charge on any atom is 0.430 e. The molecule has 1 N–H and O–H groups in total. The number of nitrogens with one attached hydrogen (secondary N) is 1. The summed E-state index contributed by atoms with van der Waals surface area (Å²) >= 11 is 0. The van der Waals surface area contributed by atoms with Crippen LogP contribution < -0.4 is 5.32 Å². The highest BCUT2D eigenvalue weighted by molar-refractivity contribution is 6.01. The maximum absolute atomic E-state index is 12.1. The molecule has 0 atom stereocenters. The zero-order chi connectivity index (χ0) is 19.6. The Bertz CT molecular complexity index is 884. The Morgan fingerprint density at radius 1 is 1.11 bits per heavy atom. The number of benzene rings is 2. The van der Waals surface area contributed by atoms with E-state index in [-0.39, 0.29) is 5.60 Å². The van der Waals surface area contributed by atoms with Gasteiger partial charge in [0.05, 0.1) is 5.71 Å². The van der Waals surface area contributed by atoms with E-state index in [1.165, 1.54) is 5.56 Å². The Morgan fingerprint density at radius 2 is 1.86 bits per heavy atom. The van der Waals surface area contributed by atoms with Gasteiger partial charge in [0.25, 0.3) is 0 Å². The van der Waals surface area contributed by atoms with Crippen molar-refractivity contribution in [3.63, 3.8) is 0 Å². The van der Waals surface area contributed by atoms with Gasteiger partial charge in [-0.05, 0) is 37.1 Å². The molecule has 28 heavy (non-hydrogen) atoms. The molecule has 2 aliphatic rings. The standard InChI is InChI=1S/C22H25N3O3/c1-16-6-8-18(9-7-16)20-15-22(28-24-20)10-12-25(13-11-22)27-21(26)23-19-5-3-4-17(2)14-19/h3-9,14H,10-13,15H2,1-2H3,(H,23,26). The molecule has 6 nitrogen and oxygen atoms in total. The van der Waals surface area contributed by atoms with Crippen LogP contribution in [0.5, 0.6) is 0 Å². The second-order valence-electron chi connectivity index (χ2n) is 7.66. The third-order valence-corrected chi connectivity index (χ3v) is 5.33. The predicted molar refractivity (Wildman–Crippen MR) is 108 cm³/mol. The number of carbonyl (C=O) groups is 1. The first-order chi connectivity index (χ1) is 13.5. The second-order valence-corrected chi connectivity index (χ2v) is 7.66. The first-order valence-electron chi connectivity index (χ1n) is 9.64. The minimum absolute atomic E-state index is 0.285. The number of hydroxylamine groups is 2. The fraction of sp³-hybridized carbons (Fsp3) is 0.364. The van der Waals surface area contributed by atoms with E-state index in [0.29, 0.717) is 13.1 Å². The van der Waals surface area contributed by atoms with Crippen LogP contribution in [0.1, 0.15) is 36.0 Å². The molecule has 0 unspecified atom stereocenters. The highest BCUT2D eigenvalue weighted by Gasteiger charge is 2.43. The highest BCUT2D eigenvalue weighted by Crippen LogP contribution is 2.36. The Morgan fingerprint density at radius 3 is 2.57 bits per heavy atom.